The Morgan fingerprint density at radius 3 is 2.74 bits per heavy atom. The molecule has 146 valence electrons. The summed E-state index contributed by atoms with van der Waals surface area (Å²) in [5.74, 6) is 0.592. The Kier molecular flexibility index (Phi) is 5.91. The first-order chi connectivity index (χ1) is 13.3. The van der Waals surface area contributed by atoms with Gasteiger partial charge in [0.1, 0.15) is 0 Å². The summed E-state index contributed by atoms with van der Waals surface area (Å²) in [7, 11) is 0. The van der Waals surface area contributed by atoms with E-state index in [0.29, 0.717) is 12.0 Å². The van der Waals surface area contributed by atoms with Crippen LogP contribution < -0.4 is 5.32 Å². The fourth-order valence-electron chi connectivity index (χ4n) is 4.57. The van der Waals surface area contributed by atoms with Crippen molar-refractivity contribution in [1.29, 1.82) is 0 Å². The molecule has 0 amide bonds. The minimum absolute atomic E-state index is 0.480. The molecule has 1 aromatic carbocycles. The Morgan fingerprint density at radius 2 is 2.00 bits per heavy atom. The number of nitrogens with zero attached hydrogens (tertiary/aromatic N) is 2. The average Bonchev–Trinajstić information content (AvgIpc) is 3.23. The Hall–Kier alpha value is -1.69. The lowest BCUT2D eigenvalue weighted by Gasteiger charge is -2.38. The van der Waals surface area contributed by atoms with Crippen LogP contribution in [0.15, 0.2) is 24.3 Å². The summed E-state index contributed by atoms with van der Waals surface area (Å²) in [5.41, 5.74) is 4.79. The van der Waals surface area contributed by atoms with Gasteiger partial charge in [-0.1, -0.05) is 25.1 Å². The highest BCUT2D eigenvalue weighted by Gasteiger charge is 2.31. The van der Waals surface area contributed by atoms with Gasteiger partial charge in [-0.15, -0.1) is 0 Å². The zero-order valence-corrected chi connectivity index (χ0v) is 16.5. The van der Waals surface area contributed by atoms with Gasteiger partial charge in [0.05, 0.1) is 25.3 Å². The van der Waals surface area contributed by atoms with E-state index in [1.807, 2.05) is 0 Å². The Bertz CT molecular complexity index is 767. The van der Waals surface area contributed by atoms with Crippen LogP contribution in [0.1, 0.15) is 24.6 Å². The second-order valence-corrected chi connectivity index (χ2v) is 7.64. The number of fused-ring (bicyclic) bond motifs is 1. The molecule has 0 aliphatic carbocycles. The largest absolute Gasteiger partial charge is 0.383 e. The number of hydrogen-bond acceptors (Lipinski definition) is 5. The number of pyridine rings is 1. The molecule has 2 aliphatic rings. The van der Waals surface area contributed by atoms with E-state index >= 15 is 0 Å². The van der Waals surface area contributed by atoms with Crippen molar-refractivity contribution in [3.8, 4) is 0 Å². The van der Waals surface area contributed by atoms with E-state index in [1.54, 1.807) is 0 Å². The number of aryl methyl sites for hydroxylation is 1. The molecule has 2 atom stereocenters. The van der Waals surface area contributed by atoms with Gasteiger partial charge in [0.15, 0.2) is 0 Å². The molecule has 0 bridgehead atoms. The summed E-state index contributed by atoms with van der Waals surface area (Å²) in [6.45, 7) is 10.7. The highest BCUT2D eigenvalue weighted by Crippen LogP contribution is 2.30. The molecular weight excluding hydrogens is 338 g/mol. The van der Waals surface area contributed by atoms with Gasteiger partial charge in [-0.3, -0.25) is 9.88 Å². The highest BCUT2D eigenvalue weighted by molar-refractivity contribution is 5.93. The van der Waals surface area contributed by atoms with Crippen LogP contribution in [0.4, 0.5) is 5.69 Å². The van der Waals surface area contributed by atoms with E-state index < -0.39 is 0 Å². The minimum atomic E-state index is 0.480. The smallest absolute Gasteiger partial charge is 0.0726 e. The molecule has 2 aromatic rings. The molecule has 2 saturated heterocycles. The van der Waals surface area contributed by atoms with E-state index in [2.05, 4.69) is 48.3 Å². The Balaban J connectivity index is 1.61. The SMILES string of the molecule is CCc1c(C)nc2ccccc2c1NC[C@@H]([C@@H]1CCOC1)N1CCOCC1. The average molecular weight is 370 g/mol. The van der Waals surface area contributed by atoms with E-state index in [4.69, 9.17) is 14.5 Å². The van der Waals surface area contributed by atoms with Crippen LogP contribution in [0.3, 0.4) is 0 Å². The molecule has 0 unspecified atom stereocenters. The third-order valence-electron chi connectivity index (χ3n) is 6.07. The van der Waals surface area contributed by atoms with Crippen LogP contribution in [-0.4, -0.2) is 62.0 Å². The summed E-state index contributed by atoms with van der Waals surface area (Å²) < 4.78 is 11.3. The molecule has 27 heavy (non-hydrogen) atoms. The first-order valence-corrected chi connectivity index (χ1v) is 10.3. The van der Waals surface area contributed by atoms with E-state index in [-0.39, 0.29) is 0 Å². The van der Waals surface area contributed by atoms with Crippen LogP contribution in [-0.2, 0) is 15.9 Å². The van der Waals surface area contributed by atoms with Crippen molar-refractivity contribution >= 4 is 16.6 Å². The number of anilines is 1. The van der Waals surface area contributed by atoms with Crippen molar-refractivity contribution in [2.45, 2.75) is 32.7 Å². The topological polar surface area (TPSA) is 46.6 Å². The second-order valence-electron chi connectivity index (χ2n) is 7.64. The first kappa shape index (κ1) is 18.7. The zero-order chi connectivity index (χ0) is 18.6. The number of rotatable bonds is 6. The molecule has 2 aliphatic heterocycles. The molecule has 4 rings (SSSR count). The molecule has 5 heteroatoms. The maximum atomic E-state index is 5.72. The van der Waals surface area contributed by atoms with Gasteiger partial charge >= 0.3 is 0 Å². The third-order valence-corrected chi connectivity index (χ3v) is 6.07. The van der Waals surface area contributed by atoms with Crippen LogP contribution in [0.25, 0.3) is 10.9 Å². The normalized spacial score (nSPS) is 22.2. The van der Waals surface area contributed by atoms with Gasteiger partial charge in [-0.2, -0.15) is 0 Å². The quantitative estimate of drug-likeness (QED) is 0.847. The molecule has 1 N–H and O–H groups in total. The molecule has 1 aromatic heterocycles. The lowest BCUT2D eigenvalue weighted by molar-refractivity contribution is 0.00462. The monoisotopic (exact) mass is 369 g/mol. The first-order valence-electron chi connectivity index (χ1n) is 10.3. The number of para-hydroxylation sites is 1. The van der Waals surface area contributed by atoms with Gasteiger partial charge in [0.25, 0.3) is 0 Å². The van der Waals surface area contributed by atoms with E-state index in [9.17, 15) is 0 Å². The van der Waals surface area contributed by atoms with Crippen molar-refractivity contribution < 1.29 is 9.47 Å². The maximum absolute atomic E-state index is 5.72. The third kappa shape index (κ3) is 3.96. The van der Waals surface area contributed by atoms with Crippen LogP contribution in [0, 0.1) is 12.8 Å². The summed E-state index contributed by atoms with van der Waals surface area (Å²) in [4.78, 5) is 7.41. The zero-order valence-electron chi connectivity index (χ0n) is 16.5. The lowest BCUT2D eigenvalue weighted by Crippen LogP contribution is -2.50. The molecule has 2 fully saturated rings. The van der Waals surface area contributed by atoms with E-state index in [1.165, 1.54) is 16.6 Å². The molecule has 3 heterocycles. The predicted molar refractivity (Wildman–Crippen MR) is 109 cm³/mol. The van der Waals surface area contributed by atoms with Gasteiger partial charge in [-0.05, 0) is 31.4 Å². The molecule has 0 saturated carbocycles. The van der Waals surface area contributed by atoms with Gasteiger partial charge in [-0.25, -0.2) is 0 Å². The van der Waals surface area contributed by atoms with Crippen LogP contribution in [0.5, 0.6) is 0 Å². The number of benzene rings is 1. The van der Waals surface area contributed by atoms with Crippen LogP contribution in [0.2, 0.25) is 0 Å². The van der Waals surface area contributed by atoms with Crippen molar-refractivity contribution in [1.82, 2.24) is 9.88 Å². The fourth-order valence-corrected chi connectivity index (χ4v) is 4.57. The summed E-state index contributed by atoms with van der Waals surface area (Å²) in [6, 6.07) is 8.95. The number of morpholine rings is 1. The minimum Gasteiger partial charge on any atom is -0.383 e. The van der Waals surface area contributed by atoms with Gasteiger partial charge < -0.3 is 14.8 Å². The highest BCUT2D eigenvalue weighted by atomic mass is 16.5. The Morgan fingerprint density at radius 1 is 1.19 bits per heavy atom. The molecule has 0 radical (unpaired) electrons. The fraction of sp³-hybridized carbons (Fsp3) is 0.591. The van der Waals surface area contributed by atoms with E-state index in [0.717, 1.165) is 70.1 Å². The Labute approximate surface area is 162 Å². The van der Waals surface area contributed by atoms with Crippen LogP contribution >= 0.6 is 0 Å². The summed E-state index contributed by atoms with van der Waals surface area (Å²) in [5, 5.41) is 5.07. The lowest BCUT2D eigenvalue weighted by atomic mass is 9.96. The molecular formula is C22H31N3O2. The van der Waals surface area contributed by atoms with Crippen molar-refractivity contribution in [3.63, 3.8) is 0 Å². The molecule has 5 nitrogen and oxygen atoms in total. The van der Waals surface area contributed by atoms with Crippen molar-refractivity contribution in [3.05, 3.63) is 35.5 Å². The number of aromatic nitrogens is 1. The van der Waals surface area contributed by atoms with Crippen molar-refractivity contribution in [2.75, 3.05) is 51.4 Å². The molecule has 0 spiro atoms. The van der Waals surface area contributed by atoms with Gasteiger partial charge in [0.2, 0.25) is 0 Å². The summed E-state index contributed by atoms with van der Waals surface area (Å²) in [6.07, 6.45) is 2.14. The van der Waals surface area contributed by atoms with Crippen molar-refractivity contribution in [2.24, 2.45) is 5.92 Å². The maximum Gasteiger partial charge on any atom is 0.0726 e. The standard InChI is InChI=1S/C22H31N3O2/c1-3-18-16(2)24-20-7-5-4-6-19(20)22(18)23-14-21(17-8-11-27-15-17)25-9-12-26-13-10-25/h4-7,17,21H,3,8-15H2,1-2H3,(H,23,24)/t17-,21+/m1/s1. The number of hydrogen-bond donors (Lipinski definition) is 1. The number of nitrogens with one attached hydrogen (secondary N) is 1. The second kappa shape index (κ2) is 8.55. The van der Waals surface area contributed by atoms with Gasteiger partial charge in [0, 0.05) is 55.0 Å². The summed E-state index contributed by atoms with van der Waals surface area (Å²) >= 11 is 0. The predicted octanol–water partition coefficient (Wildman–Crippen LogP) is 3.25. The number of ether oxygens (including phenoxy) is 2.